The van der Waals surface area contributed by atoms with E-state index in [4.69, 9.17) is 5.73 Å². The second-order valence-corrected chi connectivity index (χ2v) is 30.1. The Morgan fingerprint density at radius 2 is 1.70 bits per heavy atom. The molecular formula is C6H15I2NPb. The Bertz CT molecular complexity index is 42.7. The molecule has 0 amide bonds. The minimum atomic E-state index is 0.0233. The van der Waals surface area contributed by atoms with Crippen LogP contribution in [0, 0.1) is 0 Å². The molecule has 0 aromatic heterocycles. The van der Waals surface area contributed by atoms with Crippen molar-refractivity contribution in [1.82, 2.24) is 0 Å². The fourth-order valence-corrected chi connectivity index (χ4v) is 0.571. The number of rotatable bonds is 4. The van der Waals surface area contributed by atoms with Crippen molar-refractivity contribution in [3.63, 3.8) is 0 Å². The van der Waals surface area contributed by atoms with Crippen molar-refractivity contribution in [2.45, 2.75) is 32.6 Å². The zero-order valence-corrected chi connectivity index (χ0v) is 14.6. The Labute approximate surface area is 94.4 Å². The van der Waals surface area contributed by atoms with Crippen molar-refractivity contribution in [3.05, 3.63) is 0 Å². The van der Waals surface area contributed by atoms with E-state index in [0.717, 1.165) is 6.54 Å². The first kappa shape index (κ1) is 14.8. The first-order valence-electron chi connectivity index (χ1n) is 3.49. The second-order valence-electron chi connectivity index (χ2n) is 1.92. The molecule has 0 saturated carbocycles. The predicted molar refractivity (Wildman–Crippen MR) is 67.0 cm³/mol. The summed E-state index contributed by atoms with van der Waals surface area (Å²) in [6, 6.07) is 0. The quantitative estimate of drug-likeness (QED) is 0.319. The third-order valence-corrected chi connectivity index (χ3v) is 1.06. The molecule has 0 atom stereocenters. The number of unbranched alkanes of at least 4 members (excludes halogenated alkanes) is 3. The van der Waals surface area contributed by atoms with Gasteiger partial charge in [-0.2, -0.15) is 0 Å². The van der Waals surface area contributed by atoms with Crippen molar-refractivity contribution >= 4 is 51.2 Å². The van der Waals surface area contributed by atoms with E-state index in [1.807, 2.05) is 0 Å². The van der Waals surface area contributed by atoms with E-state index in [0.29, 0.717) is 0 Å². The molecule has 0 rings (SSSR count). The fraction of sp³-hybridized carbons (Fsp3) is 1.00. The van der Waals surface area contributed by atoms with Crippen LogP contribution in [0.4, 0.5) is 0 Å². The molecule has 0 fully saturated rings. The second kappa shape index (κ2) is 17.4. The van der Waals surface area contributed by atoms with Crippen LogP contribution in [0.2, 0.25) is 0 Å². The molecule has 2 radical (unpaired) electrons. The Morgan fingerprint density at radius 1 is 1.20 bits per heavy atom. The fourth-order valence-electron chi connectivity index (χ4n) is 0.571. The van der Waals surface area contributed by atoms with Crippen LogP contribution in [0.15, 0.2) is 0 Å². The van der Waals surface area contributed by atoms with Crippen LogP contribution in [-0.2, 0) is 0 Å². The molecule has 0 heterocycles. The number of hydrogen-bond acceptors (Lipinski definition) is 1. The molecule has 0 bridgehead atoms. The number of nitrogens with two attached hydrogens (primary N) is 1. The van der Waals surface area contributed by atoms with Gasteiger partial charge in [0.2, 0.25) is 0 Å². The Kier molecular flexibility index (Phi) is 25.9. The monoisotopic (exact) mass is 563 g/mol. The summed E-state index contributed by atoms with van der Waals surface area (Å²) in [4.78, 5) is 0. The number of hydrogen-bond donors (Lipinski definition) is 1. The summed E-state index contributed by atoms with van der Waals surface area (Å²) < 4.78 is 0. The van der Waals surface area contributed by atoms with Crippen molar-refractivity contribution in [1.29, 1.82) is 0 Å². The molecule has 0 saturated heterocycles. The normalized spacial score (nSPS) is 8.40. The minimum absolute atomic E-state index is 0.0233. The molecule has 62 valence electrons. The van der Waals surface area contributed by atoms with E-state index in [1.165, 1.54) is 25.7 Å². The van der Waals surface area contributed by atoms with Gasteiger partial charge >= 0.3 is 51.2 Å². The Balaban J connectivity index is 0. The average Bonchev–Trinajstić information content (AvgIpc) is 1.91. The maximum atomic E-state index is 5.27. The summed E-state index contributed by atoms with van der Waals surface area (Å²) in [6.07, 6.45) is 5.16. The van der Waals surface area contributed by atoms with Gasteiger partial charge in [0.15, 0.2) is 0 Å². The van der Waals surface area contributed by atoms with Crippen LogP contribution in [0.3, 0.4) is 0 Å². The summed E-state index contributed by atoms with van der Waals surface area (Å²) in [7, 11) is 0. The zero-order valence-electron chi connectivity index (χ0n) is 6.37. The average molecular weight is 562 g/mol. The van der Waals surface area contributed by atoms with Crippen LogP contribution in [0.5, 0.6) is 0 Å². The number of halogens is 2. The molecule has 10 heavy (non-hydrogen) atoms. The Morgan fingerprint density at radius 3 is 2.00 bits per heavy atom. The first-order chi connectivity index (χ1) is 4.83. The van der Waals surface area contributed by atoms with Gasteiger partial charge in [-0.25, -0.2) is 0 Å². The first-order valence-corrected chi connectivity index (χ1v) is 25.4. The van der Waals surface area contributed by atoms with E-state index in [-0.39, 0.29) is 15.6 Å². The molecule has 0 aromatic rings. The van der Waals surface area contributed by atoms with Gasteiger partial charge in [0, 0.05) is 0 Å². The third-order valence-electron chi connectivity index (χ3n) is 1.06. The van der Waals surface area contributed by atoms with Crippen LogP contribution >= 0.6 is 35.5 Å². The SMILES string of the molecule is CCCCCCN.[I][Pb][I]. The molecule has 0 aliphatic heterocycles. The van der Waals surface area contributed by atoms with Crippen LogP contribution < -0.4 is 5.73 Å². The molecule has 0 aliphatic carbocycles. The zero-order chi connectivity index (χ0) is 8.24. The predicted octanol–water partition coefficient (Wildman–Crippen LogP) is 2.92. The van der Waals surface area contributed by atoms with E-state index in [1.54, 1.807) is 0 Å². The third kappa shape index (κ3) is 22.4. The summed E-state index contributed by atoms with van der Waals surface area (Å²) in [5.41, 5.74) is 5.27. The Hall–Kier alpha value is 2.34. The standard InChI is InChI=1S/C6H15N.2HI.Pb/c1-2-3-4-5-6-7;;;/h2-7H2,1H3;2*1H;/q;;;+2/p-2. The van der Waals surface area contributed by atoms with Gasteiger partial charge in [0.1, 0.15) is 0 Å². The van der Waals surface area contributed by atoms with Gasteiger partial charge in [-0.15, -0.1) is 0 Å². The molecule has 2 N–H and O–H groups in total. The van der Waals surface area contributed by atoms with E-state index in [2.05, 4.69) is 42.4 Å². The molecule has 0 aromatic carbocycles. The van der Waals surface area contributed by atoms with Crippen LogP contribution in [0.25, 0.3) is 0 Å². The van der Waals surface area contributed by atoms with Gasteiger partial charge in [0.05, 0.1) is 0 Å². The van der Waals surface area contributed by atoms with Crippen molar-refractivity contribution in [3.8, 4) is 0 Å². The topological polar surface area (TPSA) is 26.0 Å². The summed E-state index contributed by atoms with van der Waals surface area (Å²) in [5, 5.41) is 0. The van der Waals surface area contributed by atoms with E-state index >= 15 is 0 Å². The molecule has 1 nitrogen and oxygen atoms in total. The molecule has 0 unspecified atom stereocenters. The molecular weight excluding hydrogens is 547 g/mol. The maximum absolute atomic E-state index is 5.27. The van der Waals surface area contributed by atoms with Crippen LogP contribution in [0.1, 0.15) is 32.6 Å². The van der Waals surface area contributed by atoms with Crippen molar-refractivity contribution in [2.24, 2.45) is 5.73 Å². The van der Waals surface area contributed by atoms with Crippen molar-refractivity contribution < 1.29 is 0 Å². The van der Waals surface area contributed by atoms with Gasteiger partial charge < -0.3 is 5.73 Å². The molecule has 0 aliphatic rings. The summed E-state index contributed by atoms with van der Waals surface area (Å²) >= 11 is 4.96. The van der Waals surface area contributed by atoms with E-state index in [9.17, 15) is 0 Å². The molecule has 0 spiro atoms. The van der Waals surface area contributed by atoms with Crippen molar-refractivity contribution in [2.75, 3.05) is 6.54 Å². The van der Waals surface area contributed by atoms with Gasteiger partial charge in [0.25, 0.3) is 0 Å². The van der Waals surface area contributed by atoms with Gasteiger partial charge in [-0.1, -0.05) is 26.2 Å². The molecule has 4 heteroatoms. The van der Waals surface area contributed by atoms with Crippen LogP contribution in [-0.4, -0.2) is 22.2 Å². The van der Waals surface area contributed by atoms with Gasteiger partial charge in [-0.3, -0.25) is 0 Å². The van der Waals surface area contributed by atoms with Gasteiger partial charge in [-0.05, 0) is 13.0 Å². The summed E-state index contributed by atoms with van der Waals surface area (Å²) in [5.74, 6) is 0. The van der Waals surface area contributed by atoms with E-state index < -0.39 is 0 Å². The summed E-state index contributed by atoms with van der Waals surface area (Å²) in [6.45, 7) is 3.07.